The number of hydrogen-bond donors (Lipinski definition) is 0. The van der Waals surface area contributed by atoms with E-state index in [2.05, 4.69) is 17.0 Å². The van der Waals surface area contributed by atoms with Gasteiger partial charge in [0.15, 0.2) is 5.82 Å². The number of thiazole rings is 1. The van der Waals surface area contributed by atoms with Crippen molar-refractivity contribution in [1.82, 2.24) is 24.4 Å². The van der Waals surface area contributed by atoms with Crippen LogP contribution in [0, 0.1) is 0 Å². The van der Waals surface area contributed by atoms with Crippen LogP contribution in [0.4, 0.5) is 0 Å². The van der Waals surface area contributed by atoms with Crippen molar-refractivity contribution in [1.29, 1.82) is 0 Å². The second-order valence-corrected chi connectivity index (χ2v) is 10.5. The average Bonchev–Trinajstić information content (AvgIpc) is 3.67. The fourth-order valence-corrected chi connectivity index (χ4v) is 5.20. The number of halogens is 1. The van der Waals surface area contributed by atoms with Crippen LogP contribution in [-0.2, 0) is 0 Å². The summed E-state index contributed by atoms with van der Waals surface area (Å²) in [7, 11) is 0. The zero-order chi connectivity index (χ0) is 27.5. The standard InChI is InChI=1S/C31H24ClN5O2S/c1-2-18-39-26-15-8-21(9-16-26)10-17-28-33-31-37(34-28)30(38)27(40-31)19-23-20-36(25-6-4-3-5-7-25)35-29(23)22-11-13-24(32)14-12-22/h3-17,19-20H,2,18H2,1H3/b17-10+,27-19-. The second-order valence-electron chi connectivity index (χ2n) is 9.05. The predicted octanol–water partition coefficient (Wildman–Crippen LogP) is 6.16. The van der Waals surface area contributed by atoms with Crippen molar-refractivity contribution in [3.8, 4) is 22.7 Å². The topological polar surface area (TPSA) is 74.3 Å². The van der Waals surface area contributed by atoms with Gasteiger partial charge in [0.1, 0.15) is 11.4 Å². The molecular formula is C31H24ClN5O2S. The van der Waals surface area contributed by atoms with E-state index in [9.17, 15) is 4.79 Å². The third-order valence-electron chi connectivity index (χ3n) is 6.14. The molecule has 0 bridgehead atoms. The van der Waals surface area contributed by atoms with Gasteiger partial charge in [-0.3, -0.25) is 4.79 Å². The Morgan fingerprint density at radius 2 is 1.73 bits per heavy atom. The molecule has 0 aliphatic heterocycles. The van der Waals surface area contributed by atoms with Crippen LogP contribution >= 0.6 is 22.9 Å². The predicted molar refractivity (Wildman–Crippen MR) is 161 cm³/mol. The molecule has 7 nitrogen and oxygen atoms in total. The highest BCUT2D eigenvalue weighted by Crippen LogP contribution is 2.26. The Morgan fingerprint density at radius 3 is 2.45 bits per heavy atom. The average molecular weight is 566 g/mol. The number of fused-ring (bicyclic) bond motifs is 1. The van der Waals surface area contributed by atoms with E-state index in [0.717, 1.165) is 40.2 Å². The molecule has 6 aromatic rings. The molecule has 3 heterocycles. The van der Waals surface area contributed by atoms with E-state index in [4.69, 9.17) is 21.4 Å². The summed E-state index contributed by atoms with van der Waals surface area (Å²) >= 11 is 7.41. The number of benzene rings is 3. The summed E-state index contributed by atoms with van der Waals surface area (Å²) in [5.41, 5.74) is 4.13. The lowest BCUT2D eigenvalue weighted by Gasteiger charge is -2.03. The largest absolute Gasteiger partial charge is 0.494 e. The van der Waals surface area contributed by atoms with Crippen molar-refractivity contribution < 1.29 is 4.74 Å². The van der Waals surface area contributed by atoms with Gasteiger partial charge in [-0.25, -0.2) is 4.68 Å². The molecular weight excluding hydrogens is 542 g/mol. The lowest BCUT2D eigenvalue weighted by molar-refractivity contribution is 0.317. The first-order valence-electron chi connectivity index (χ1n) is 12.8. The maximum Gasteiger partial charge on any atom is 0.291 e. The van der Waals surface area contributed by atoms with Gasteiger partial charge in [0.25, 0.3) is 5.56 Å². The molecule has 0 saturated carbocycles. The van der Waals surface area contributed by atoms with Gasteiger partial charge in [-0.15, -0.1) is 5.10 Å². The molecule has 0 amide bonds. The van der Waals surface area contributed by atoms with Gasteiger partial charge in [-0.05, 0) is 60.5 Å². The van der Waals surface area contributed by atoms with E-state index >= 15 is 0 Å². The lowest BCUT2D eigenvalue weighted by atomic mass is 10.1. The molecule has 3 aromatic carbocycles. The number of nitrogens with zero attached hydrogens (tertiary/aromatic N) is 5. The first-order chi connectivity index (χ1) is 19.6. The van der Waals surface area contributed by atoms with Gasteiger partial charge in [0.2, 0.25) is 4.96 Å². The van der Waals surface area contributed by atoms with Gasteiger partial charge in [0, 0.05) is 22.3 Å². The van der Waals surface area contributed by atoms with E-state index in [-0.39, 0.29) is 5.56 Å². The maximum atomic E-state index is 13.3. The van der Waals surface area contributed by atoms with Gasteiger partial charge in [0.05, 0.1) is 16.8 Å². The molecule has 0 saturated heterocycles. The Hall–Kier alpha value is -4.53. The normalized spacial score (nSPS) is 12.1. The highest BCUT2D eigenvalue weighted by atomic mass is 35.5. The minimum absolute atomic E-state index is 0.223. The van der Waals surface area contributed by atoms with Crippen molar-refractivity contribution in [2.24, 2.45) is 0 Å². The molecule has 40 heavy (non-hydrogen) atoms. The molecule has 0 unspecified atom stereocenters. The van der Waals surface area contributed by atoms with Crippen LogP contribution in [-0.4, -0.2) is 31.0 Å². The third kappa shape index (κ3) is 5.45. The molecule has 6 rings (SSSR count). The molecule has 198 valence electrons. The summed E-state index contributed by atoms with van der Waals surface area (Å²) in [5, 5.41) is 9.90. The van der Waals surface area contributed by atoms with Crippen LogP contribution in [0.25, 0.3) is 40.1 Å². The van der Waals surface area contributed by atoms with Gasteiger partial charge >= 0.3 is 0 Å². The Labute approximate surface area is 239 Å². The smallest absolute Gasteiger partial charge is 0.291 e. The lowest BCUT2D eigenvalue weighted by Crippen LogP contribution is -2.23. The number of aromatic nitrogens is 5. The first-order valence-corrected chi connectivity index (χ1v) is 14.0. The summed E-state index contributed by atoms with van der Waals surface area (Å²) in [6.07, 6.45) is 8.44. The van der Waals surface area contributed by atoms with Crippen LogP contribution in [0.1, 0.15) is 30.3 Å². The Morgan fingerprint density at radius 1 is 0.950 bits per heavy atom. The molecule has 0 atom stereocenters. The van der Waals surface area contributed by atoms with E-state index in [0.29, 0.717) is 26.9 Å². The first kappa shape index (κ1) is 25.7. The summed E-state index contributed by atoms with van der Waals surface area (Å²) in [6, 6.07) is 25.1. The molecule has 3 aromatic heterocycles. The van der Waals surface area contributed by atoms with Crippen LogP contribution < -0.4 is 14.8 Å². The van der Waals surface area contributed by atoms with E-state index < -0.39 is 0 Å². The Balaban J connectivity index is 1.33. The Kier molecular flexibility index (Phi) is 7.27. The summed E-state index contributed by atoms with van der Waals surface area (Å²) < 4.78 is 9.31. The summed E-state index contributed by atoms with van der Waals surface area (Å²) in [5.74, 6) is 1.31. The minimum Gasteiger partial charge on any atom is -0.494 e. The number of hydrogen-bond acceptors (Lipinski definition) is 6. The minimum atomic E-state index is -0.223. The number of para-hydroxylation sites is 1. The molecule has 0 fully saturated rings. The third-order valence-corrected chi connectivity index (χ3v) is 7.35. The van der Waals surface area contributed by atoms with Gasteiger partial charge < -0.3 is 4.74 Å². The highest BCUT2D eigenvalue weighted by molar-refractivity contribution is 7.15. The SMILES string of the molecule is CCCOc1ccc(/C=C/c2nc3s/c(=C\c4cn(-c5ccccc5)nc4-c4ccc(Cl)cc4)c(=O)n3n2)cc1. The van der Waals surface area contributed by atoms with Crippen LogP contribution in [0.3, 0.4) is 0 Å². The zero-order valence-corrected chi connectivity index (χ0v) is 23.1. The monoisotopic (exact) mass is 565 g/mol. The summed E-state index contributed by atoms with van der Waals surface area (Å²) in [6.45, 7) is 2.77. The molecule has 9 heteroatoms. The van der Waals surface area contributed by atoms with E-state index in [1.807, 2.05) is 102 Å². The van der Waals surface area contributed by atoms with Crippen molar-refractivity contribution in [3.05, 3.63) is 122 Å². The van der Waals surface area contributed by atoms with Gasteiger partial charge in [-0.2, -0.15) is 14.6 Å². The Bertz CT molecular complexity index is 1910. The number of ether oxygens (including phenoxy) is 1. The van der Waals surface area contributed by atoms with E-state index in [1.54, 1.807) is 6.08 Å². The molecule has 0 N–H and O–H groups in total. The quantitative estimate of drug-likeness (QED) is 0.221. The fraction of sp³-hybridized carbons (Fsp3) is 0.0968. The number of rotatable bonds is 8. The second kappa shape index (κ2) is 11.3. The van der Waals surface area contributed by atoms with Gasteiger partial charge in [-0.1, -0.05) is 78.4 Å². The van der Waals surface area contributed by atoms with Crippen LogP contribution in [0.5, 0.6) is 5.75 Å². The van der Waals surface area contributed by atoms with Crippen molar-refractivity contribution in [2.75, 3.05) is 6.61 Å². The fourth-order valence-electron chi connectivity index (χ4n) is 4.16. The summed E-state index contributed by atoms with van der Waals surface area (Å²) in [4.78, 5) is 18.4. The van der Waals surface area contributed by atoms with E-state index in [1.165, 1.54) is 15.9 Å². The zero-order valence-electron chi connectivity index (χ0n) is 21.6. The van der Waals surface area contributed by atoms with Crippen LogP contribution in [0.2, 0.25) is 5.02 Å². The molecule has 0 radical (unpaired) electrons. The van der Waals surface area contributed by atoms with Crippen molar-refractivity contribution in [2.45, 2.75) is 13.3 Å². The highest BCUT2D eigenvalue weighted by Gasteiger charge is 2.14. The molecule has 0 aliphatic carbocycles. The van der Waals surface area contributed by atoms with Crippen LogP contribution in [0.15, 0.2) is 89.9 Å². The molecule has 0 aliphatic rings. The van der Waals surface area contributed by atoms with Crippen molar-refractivity contribution >= 4 is 46.1 Å². The molecule has 0 spiro atoms. The maximum absolute atomic E-state index is 13.3. The van der Waals surface area contributed by atoms with Crippen molar-refractivity contribution in [3.63, 3.8) is 0 Å².